The molecule has 0 radical (unpaired) electrons. The van der Waals surface area contributed by atoms with Crippen LogP contribution in [0.3, 0.4) is 0 Å². The maximum Gasteiger partial charge on any atom is 0.333 e. The Labute approximate surface area is 138 Å². The molecule has 0 aromatic heterocycles. The Bertz CT molecular complexity index is 570. The lowest BCUT2D eigenvalue weighted by molar-refractivity contribution is -0.137. The highest BCUT2D eigenvalue weighted by atomic mass is 16.5. The first kappa shape index (κ1) is 17.8. The summed E-state index contributed by atoms with van der Waals surface area (Å²) in [5, 5.41) is 8.93. The smallest absolute Gasteiger partial charge is 0.333 e. The summed E-state index contributed by atoms with van der Waals surface area (Å²) < 4.78 is 5.01. The highest BCUT2D eigenvalue weighted by molar-refractivity contribution is 5.89. The average Bonchev–Trinajstić information content (AvgIpc) is 2.83. The van der Waals surface area contributed by atoms with Gasteiger partial charge in [-0.1, -0.05) is 32.9 Å². The molecule has 1 unspecified atom stereocenters. The lowest BCUT2D eigenvalue weighted by Crippen LogP contribution is -2.34. The Morgan fingerprint density at radius 3 is 2.35 bits per heavy atom. The van der Waals surface area contributed by atoms with E-state index >= 15 is 0 Å². The van der Waals surface area contributed by atoms with Crippen LogP contribution in [0.25, 0.3) is 0 Å². The molecule has 2 saturated carbocycles. The predicted octanol–water partition coefficient (Wildman–Crippen LogP) is 3.97. The van der Waals surface area contributed by atoms with Crippen LogP contribution in [0.4, 0.5) is 0 Å². The molecule has 1 N–H and O–H groups in total. The molecule has 3 atom stereocenters. The molecular formula is C19H28O4. The maximum absolute atomic E-state index is 12.3. The molecule has 0 saturated heterocycles. The minimum Gasteiger partial charge on any atom is -0.478 e. The molecule has 2 aliphatic rings. The van der Waals surface area contributed by atoms with Crippen LogP contribution >= 0.6 is 0 Å². The minimum atomic E-state index is -0.925. The van der Waals surface area contributed by atoms with Crippen molar-refractivity contribution in [1.29, 1.82) is 0 Å². The number of carboxylic acid groups (broad SMARTS) is 1. The van der Waals surface area contributed by atoms with E-state index in [2.05, 4.69) is 20.8 Å². The van der Waals surface area contributed by atoms with Crippen molar-refractivity contribution in [1.82, 2.24) is 0 Å². The van der Waals surface area contributed by atoms with Crippen LogP contribution in [0.15, 0.2) is 23.3 Å². The Kier molecular flexibility index (Phi) is 4.74. The van der Waals surface area contributed by atoms with Gasteiger partial charge in [0.05, 0.1) is 7.11 Å². The van der Waals surface area contributed by atoms with E-state index in [9.17, 15) is 9.59 Å². The summed E-state index contributed by atoms with van der Waals surface area (Å²) in [4.78, 5) is 23.2. The fourth-order valence-corrected chi connectivity index (χ4v) is 4.61. The van der Waals surface area contributed by atoms with Crippen LogP contribution in [0.5, 0.6) is 0 Å². The summed E-state index contributed by atoms with van der Waals surface area (Å²) in [6.07, 6.45) is 7.34. The number of fused-ring (bicyclic) bond motifs is 2. The van der Waals surface area contributed by atoms with Gasteiger partial charge in [-0.25, -0.2) is 9.59 Å². The normalized spacial score (nSPS) is 32.9. The van der Waals surface area contributed by atoms with Gasteiger partial charge in [-0.05, 0) is 55.3 Å². The molecule has 0 aromatic rings. The van der Waals surface area contributed by atoms with Gasteiger partial charge in [0.1, 0.15) is 0 Å². The van der Waals surface area contributed by atoms with Crippen molar-refractivity contribution in [2.75, 3.05) is 7.11 Å². The number of hydrogen-bond acceptors (Lipinski definition) is 3. The van der Waals surface area contributed by atoms with E-state index in [-0.39, 0.29) is 22.7 Å². The molecule has 0 heterocycles. The standard InChI is InChI=1S/C19H28O4/c1-12(16(20)21)7-6-8-14(17(22)23-5)15-11-13-9-10-19(15,4)18(13,2)3/h7-8,13,15H,6,9-11H2,1-5H3,(H,20,21)/t13-,15?,19-/m1/s1. The molecule has 0 aromatic carbocycles. The number of aliphatic carboxylic acids is 1. The molecule has 0 amide bonds. The minimum absolute atomic E-state index is 0.100. The first-order valence-corrected chi connectivity index (χ1v) is 8.33. The van der Waals surface area contributed by atoms with E-state index in [0.29, 0.717) is 17.9 Å². The summed E-state index contributed by atoms with van der Waals surface area (Å²) in [7, 11) is 1.41. The van der Waals surface area contributed by atoms with E-state index in [1.807, 2.05) is 6.08 Å². The first-order valence-electron chi connectivity index (χ1n) is 8.33. The monoisotopic (exact) mass is 320 g/mol. The first-order chi connectivity index (χ1) is 10.6. The molecule has 0 spiro atoms. The lowest BCUT2D eigenvalue weighted by atomic mass is 9.64. The number of esters is 1. The van der Waals surface area contributed by atoms with Gasteiger partial charge in [-0.2, -0.15) is 0 Å². The van der Waals surface area contributed by atoms with Gasteiger partial charge >= 0.3 is 11.9 Å². The highest BCUT2D eigenvalue weighted by Crippen LogP contribution is 2.69. The van der Waals surface area contributed by atoms with Crippen molar-refractivity contribution in [2.45, 2.75) is 53.4 Å². The number of carboxylic acids is 1. The van der Waals surface area contributed by atoms with Crippen LogP contribution in [0.1, 0.15) is 53.4 Å². The number of methoxy groups -OCH3 is 1. The summed E-state index contributed by atoms with van der Waals surface area (Å²) in [5.41, 5.74) is 1.34. The second-order valence-corrected chi connectivity index (χ2v) is 7.74. The molecule has 23 heavy (non-hydrogen) atoms. The molecular weight excluding hydrogens is 292 g/mol. The Morgan fingerprint density at radius 2 is 1.91 bits per heavy atom. The van der Waals surface area contributed by atoms with Crippen LogP contribution in [-0.4, -0.2) is 24.2 Å². The van der Waals surface area contributed by atoms with Crippen LogP contribution in [0, 0.1) is 22.7 Å². The summed E-state index contributed by atoms with van der Waals surface area (Å²) in [6.45, 7) is 8.48. The number of carbonyl (C=O) groups excluding carboxylic acids is 1. The molecule has 2 aliphatic carbocycles. The SMILES string of the molecule is COC(=O)C(=CCC=C(C)C(=O)O)C1C[C@H]2CC[C@@]1(C)C2(C)C. The van der Waals surface area contributed by atoms with Gasteiger partial charge in [0, 0.05) is 11.1 Å². The third kappa shape index (κ3) is 2.84. The lowest BCUT2D eigenvalue weighted by Gasteiger charge is -2.39. The second kappa shape index (κ2) is 6.14. The van der Waals surface area contributed by atoms with Gasteiger partial charge in [0.2, 0.25) is 0 Å². The van der Waals surface area contributed by atoms with Gasteiger partial charge in [0.25, 0.3) is 0 Å². The Hall–Kier alpha value is -1.58. The van der Waals surface area contributed by atoms with Crippen molar-refractivity contribution in [3.05, 3.63) is 23.3 Å². The van der Waals surface area contributed by atoms with Crippen molar-refractivity contribution in [2.24, 2.45) is 22.7 Å². The van der Waals surface area contributed by atoms with Gasteiger partial charge in [0.15, 0.2) is 0 Å². The third-order valence-electron chi connectivity index (χ3n) is 6.69. The van der Waals surface area contributed by atoms with E-state index in [0.717, 1.165) is 18.4 Å². The van der Waals surface area contributed by atoms with E-state index in [4.69, 9.17) is 9.84 Å². The number of rotatable bonds is 5. The molecule has 0 aliphatic heterocycles. The Morgan fingerprint density at radius 1 is 1.26 bits per heavy atom. The molecule has 2 bridgehead atoms. The van der Waals surface area contributed by atoms with Crippen molar-refractivity contribution in [3.63, 3.8) is 0 Å². The summed E-state index contributed by atoms with van der Waals surface area (Å²) in [6, 6.07) is 0. The number of ether oxygens (including phenoxy) is 1. The van der Waals surface area contributed by atoms with Crippen LogP contribution < -0.4 is 0 Å². The van der Waals surface area contributed by atoms with Crippen molar-refractivity contribution in [3.8, 4) is 0 Å². The van der Waals surface area contributed by atoms with Crippen molar-refractivity contribution >= 4 is 11.9 Å². The van der Waals surface area contributed by atoms with E-state index in [1.54, 1.807) is 13.0 Å². The quantitative estimate of drug-likeness (QED) is 0.615. The highest BCUT2D eigenvalue weighted by Gasteiger charge is 2.62. The van der Waals surface area contributed by atoms with Gasteiger partial charge < -0.3 is 9.84 Å². The fourth-order valence-electron chi connectivity index (χ4n) is 4.61. The van der Waals surface area contributed by atoms with Crippen molar-refractivity contribution < 1.29 is 19.4 Å². The van der Waals surface area contributed by atoms with E-state index in [1.165, 1.54) is 13.5 Å². The zero-order valence-electron chi connectivity index (χ0n) is 14.8. The zero-order chi connectivity index (χ0) is 17.4. The van der Waals surface area contributed by atoms with E-state index < -0.39 is 5.97 Å². The van der Waals surface area contributed by atoms with Crippen LogP contribution in [-0.2, 0) is 14.3 Å². The number of carbonyl (C=O) groups is 2. The second-order valence-electron chi connectivity index (χ2n) is 7.74. The summed E-state index contributed by atoms with van der Waals surface area (Å²) in [5.74, 6) is -0.365. The third-order valence-corrected chi connectivity index (χ3v) is 6.69. The zero-order valence-corrected chi connectivity index (χ0v) is 14.8. The van der Waals surface area contributed by atoms with Crippen LogP contribution in [0.2, 0.25) is 0 Å². The Balaban J connectivity index is 2.29. The summed E-state index contributed by atoms with van der Waals surface area (Å²) >= 11 is 0. The molecule has 2 fully saturated rings. The fraction of sp³-hybridized carbons (Fsp3) is 0.684. The molecule has 128 valence electrons. The predicted molar refractivity (Wildman–Crippen MR) is 88.8 cm³/mol. The maximum atomic E-state index is 12.3. The molecule has 2 rings (SSSR count). The average molecular weight is 320 g/mol. The van der Waals surface area contributed by atoms with Gasteiger partial charge in [-0.3, -0.25) is 0 Å². The number of allylic oxidation sites excluding steroid dienone is 2. The molecule has 4 nitrogen and oxygen atoms in total. The largest absolute Gasteiger partial charge is 0.478 e. The number of hydrogen-bond donors (Lipinski definition) is 1. The van der Waals surface area contributed by atoms with Gasteiger partial charge in [-0.15, -0.1) is 0 Å². The molecule has 4 heteroatoms. The topological polar surface area (TPSA) is 63.6 Å².